The van der Waals surface area contributed by atoms with Crippen molar-refractivity contribution in [2.24, 2.45) is 0 Å². The van der Waals surface area contributed by atoms with E-state index in [1.165, 1.54) is 40.9 Å². The molecule has 1 heterocycles. The molecule has 0 radical (unpaired) electrons. The normalized spacial score (nSPS) is 11.9. The van der Waals surface area contributed by atoms with Gasteiger partial charge in [0.1, 0.15) is 0 Å². The molecule has 0 saturated heterocycles. The predicted octanol–water partition coefficient (Wildman–Crippen LogP) is 3.08. The number of hydrogen-bond acceptors (Lipinski definition) is 5. The first-order chi connectivity index (χ1) is 10.7. The molecule has 1 aromatic heterocycles. The van der Waals surface area contributed by atoms with E-state index >= 15 is 0 Å². The first-order valence-electron chi connectivity index (χ1n) is 6.72. The predicted molar refractivity (Wildman–Crippen MR) is 91.6 cm³/mol. The van der Waals surface area contributed by atoms with Crippen LogP contribution in [-0.4, -0.2) is 36.7 Å². The average Bonchev–Trinajstić information content (AvgIpc) is 2.99. The molecule has 9 heteroatoms. The average molecular weight is 374 g/mol. The Labute approximate surface area is 144 Å². The van der Waals surface area contributed by atoms with Crippen LogP contribution in [-0.2, 0) is 10.0 Å². The highest BCUT2D eigenvalue weighted by atomic mass is 35.5. The van der Waals surface area contributed by atoms with Crippen LogP contribution in [0.5, 0.6) is 0 Å². The Morgan fingerprint density at radius 2 is 2.09 bits per heavy atom. The molecule has 0 aliphatic heterocycles. The van der Waals surface area contributed by atoms with Gasteiger partial charge in [0.15, 0.2) is 5.13 Å². The second-order valence-electron chi connectivity index (χ2n) is 5.05. The summed E-state index contributed by atoms with van der Waals surface area (Å²) in [5, 5.41) is 4.89. The largest absolute Gasteiger partial charge is 0.298 e. The van der Waals surface area contributed by atoms with Gasteiger partial charge >= 0.3 is 0 Å². The highest BCUT2D eigenvalue weighted by Crippen LogP contribution is 2.24. The molecule has 0 bridgehead atoms. The molecule has 2 rings (SSSR count). The highest BCUT2D eigenvalue weighted by Gasteiger charge is 2.25. The lowest BCUT2D eigenvalue weighted by Crippen LogP contribution is -2.33. The summed E-state index contributed by atoms with van der Waals surface area (Å²) in [6.07, 6.45) is 1.56. The smallest absolute Gasteiger partial charge is 0.259 e. The molecule has 0 saturated carbocycles. The van der Waals surface area contributed by atoms with Gasteiger partial charge in [0.2, 0.25) is 10.0 Å². The zero-order valence-electron chi connectivity index (χ0n) is 12.8. The number of hydrogen-bond donors (Lipinski definition) is 1. The summed E-state index contributed by atoms with van der Waals surface area (Å²) in [4.78, 5) is 16.2. The molecule has 1 aromatic carbocycles. The van der Waals surface area contributed by atoms with Gasteiger partial charge in [-0.3, -0.25) is 10.1 Å². The lowest BCUT2D eigenvalue weighted by atomic mass is 10.2. The second-order valence-corrected chi connectivity index (χ2v) is 8.35. The minimum Gasteiger partial charge on any atom is -0.298 e. The third kappa shape index (κ3) is 3.89. The van der Waals surface area contributed by atoms with Crippen molar-refractivity contribution in [3.05, 3.63) is 40.4 Å². The Hall–Kier alpha value is -1.48. The molecule has 0 fully saturated rings. The number of carbonyl (C=O) groups is 1. The van der Waals surface area contributed by atoms with Gasteiger partial charge in [-0.1, -0.05) is 11.6 Å². The third-order valence-corrected chi connectivity index (χ3v) is 6.29. The van der Waals surface area contributed by atoms with Gasteiger partial charge in [0.05, 0.1) is 15.5 Å². The summed E-state index contributed by atoms with van der Waals surface area (Å²) >= 11 is 7.29. The number of nitrogens with one attached hydrogen (secondary N) is 1. The minimum atomic E-state index is -3.69. The second kappa shape index (κ2) is 6.96. The van der Waals surface area contributed by atoms with E-state index in [0.717, 1.165) is 0 Å². The Morgan fingerprint density at radius 1 is 1.39 bits per heavy atom. The number of amides is 1. The molecule has 124 valence electrons. The van der Waals surface area contributed by atoms with E-state index in [1.54, 1.807) is 25.4 Å². The van der Waals surface area contributed by atoms with E-state index in [0.29, 0.717) is 5.13 Å². The number of sulfonamides is 1. The summed E-state index contributed by atoms with van der Waals surface area (Å²) < 4.78 is 26.3. The first-order valence-corrected chi connectivity index (χ1v) is 9.41. The van der Waals surface area contributed by atoms with Crippen molar-refractivity contribution in [3.63, 3.8) is 0 Å². The van der Waals surface area contributed by atoms with Gasteiger partial charge in [0.25, 0.3) is 5.91 Å². The maximum Gasteiger partial charge on any atom is 0.259 e. The van der Waals surface area contributed by atoms with Crippen LogP contribution in [0.25, 0.3) is 0 Å². The molecular weight excluding hydrogens is 358 g/mol. The molecule has 0 aliphatic carbocycles. The number of thiazole rings is 1. The molecular formula is C14H16ClN3O3S2. The zero-order valence-corrected chi connectivity index (χ0v) is 15.2. The molecule has 0 atom stereocenters. The van der Waals surface area contributed by atoms with Gasteiger partial charge in [-0.15, -0.1) is 11.3 Å². The van der Waals surface area contributed by atoms with Crippen LogP contribution in [0, 0.1) is 0 Å². The van der Waals surface area contributed by atoms with Crippen molar-refractivity contribution in [3.8, 4) is 0 Å². The lowest BCUT2D eigenvalue weighted by Gasteiger charge is -2.21. The SMILES string of the molecule is CC(C)N(C)S(=O)(=O)c1ccc(Cl)c(C(=O)Nc2nccs2)c1. The third-order valence-electron chi connectivity index (χ3n) is 3.24. The quantitative estimate of drug-likeness (QED) is 0.873. The maximum atomic E-state index is 12.5. The number of carbonyl (C=O) groups excluding carboxylic acids is 1. The van der Waals surface area contributed by atoms with Crippen LogP contribution in [0.4, 0.5) is 5.13 Å². The van der Waals surface area contributed by atoms with Crippen molar-refractivity contribution in [1.82, 2.24) is 9.29 Å². The zero-order chi connectivity index (χ0) is 17.2. The topological polar surface area (TPSA) is 79.4 Å². The van der Waals surface area contributed by atoms with Gasteiger partial charge in [-0.05, 0) is 32.0 Å². The van der Waals surface area contributed by atoms with Crippen molar-refractivity contribution in [1.29, 1.82) is 0 Å². The van der Waals surface area contributed by atoms with Crippen LogP contribution >= 0.6 is 22.9 Å². The molecule has 6 nitrogen and oxygen atoms in total. The van der Waals surface area contributed by atoms with Gasteiger partial charge in [-0.25, -0.2) is 13.4 Å². The van der Waals surface area contributed by atoms with E-state index < -0.39 is 15.9 Å². The van der Waals surface area contributed by atoms with Crippen molar-refractivity contribution in [2.75, 3.05) is 12.4 Å². The van der Waals surface area contributed by atoms with Crippen LogP contribution in [0.2, 0.25) is 5.02 Å². The number of rotatable bonds is 5. The Balaban J connectivity index is 2.38. The summed E-state index contributed by atoms with van der Waals surface area (Å²) in [7, 11) is -2.20. The van der Waals surface area contributed by atoms with Crippen LogP contribution < -0.4 is 5.32 Å². The summed E-state index contributed by atoms with van der Waals surface area (Å²) in [5.41, 5.74) is 0.0834. The molecule has 0 unspecified atom stereocenters. The number of benzene rings is 1. The number of halogens is 1. The van der Waals surface area contributed by atoms with E-state index in [9.17, 15) is 13.2 Å². The molecule has 0 spiro atoms. The Morgan fingerprint density at radius 3 is 2.65 bits per heavy atom. The van der Waals surface area contributed by atoms with Crippen molar-refractivity contribution in [2.45, 2.75) is 24.8 Å². The fourth-order valence-electron chi connectivity index (χ4n) is 1.73. The number of anilines is 1. The Bertz CT molecular complexity index is 805. The summed E-state index contributed by atoms with van der Waals surface area (Å²) in [5.74, 6) is -0.505. The fraction of sp³-hybridized carbons (Fsp3) is 0.286. The summed E-state index contributed by atoms with van der Waals surface area (Å²) in [6.45, 7) is 3.53. The Kier molecular flexibility index (Phi) is 5.41. The summed E-state index contributed by atoms with van der Waals surface area (Å²) in [6, 6.07) is 3.86. The van der Waals surface area contributed by atoms with Crippen LogP contribution in [0.3, 0.4) is 0 Å². The molecule has 0 aliphatic rings. The standard InChI is InChI=1S/C14H16ClN3O3S2/c1-9(2)18(3)23(20,21)10-4-5-12(15)11(8-10)13(19)17-14-16-6-7-22-14/h4-9H,1-3H3,(H,16,17,19). The number of aromatic nitrogens is 1. The number of nitrogens with zero attached hydrogens (tertiary/aromatic N) is 2. The van der Waals surface area contributed by atoms with E-state index in [4.69, 9.17) is 11.6 Å². The first kappa shape index (κ1) is 17.9. The van der Waals surface area contributed by atoms with E-state index in [1.807, 2.05) is 0 Å². The van der Waals surface area contributed by atoms with Crippen LogP contribution in [0.15, 0.2) is 34.7 Å². The highest BCUT2D eigenvalue weighted by molar-refractivity contribution is 7.89. The van der Waals surface area contributed by atoms with Crippen molar-refractivity contribution >= 4 is 44.0 Å². The molecule has 23 heavy (non-hydrogen) atoms. The molecule has 1 N–H and O–H groups in total. The van der Waals surface area contributed by atoms with E-state index in [2.05, 4.69) is 10.3 Å². The molecule has 2 aromatic rings. The van der Waals surface area contributed by atoms with Crippen molar-refractivity contribution < 1.29 is 13.2 Å². The van der Waals surface area contributed by atoms with Gasteiger partial charge in [-0.2, -0.15) is 4.31 Å². The fourth-order valence-corrected chi connectivity index (χ4v) is 3.85. The lowest BCUT2D eigenvalue weighted by molar-refractivity contribution is 0.102. The molecule has 1 amide bonds. The maximum absolute atomic E-state index is 12.5. The van der Waals surface area contributed by atoms with E-state index in [-0.39, 0.29) is 21.5 Å². The van der Waals surface area contributed by atoms with Gasteiger partial charge in [0, 0.05) is 24.7 Å². The van der Waals surface area contributed by atoms with Crippen LogP contribution in [0.1, 0.15) is 24.2 Å². The van der Waals surface area contributed by atoms with Gasteiger partial charge < -0.3 is 0 Å². The minimum absolute atomic E-state index is 0.0161. The monoisotopic (exact) mass is 373 g/mol.